The lowest BCUT2D eigenvalue weighted by atomic mass is 9.74. The highest BCUT2D eigenvalue weighted by Crippen LogP contribution is 2.47. The van der Waals surface area contributed by atoms with Gasteiger partial charge in [0.25, 0.3) is 0 Å². The van der Waals surface area contributed by atoms with Crippen molar-refractivity contribution in [3.8, 4) is 0 Å². The second kappa shape index (κ2) is 11.3. The standard InChI is InChI=1S/C26H33Cl2N3O4S/c1-35-18-29-25(32)16-20(19-7-8-22(27)23(28)15-19)9-12-30-13-10-26(11-14-30)17-31(36(2,33)34)24-6-4-3-5-21(24)26/h3-8,15,20H,9-14,16-18H2,1-2H3,(H,29,32)/t20-/m1/s1. The highest BCUT2D eigenvalue weighted by molar-refractivity contribution is 7.92. The van der Waals surface area contributed by atoms with Crippen LogP contribution in [0.15, 0.2) is 42.5 Å². The number of piperidine rings is 1. The third-order valence-corrected chi connectivity index (χ3v) is 9.32. The maximum Gasteiger partial charge on any atom is 0.232 e. The molecule has 2 aliphatic rings. The van der Waals surface area contributed by atoms with Crippen LogP contribution >= 0.6 is 23.2 Å². The van der Waals surface area contributed by atoms with E-state index in [2.05, 4.69) is 16.3 Å². The number of nitrogens with zero attached hydrogens (tertiary/aromatic N) is 2. The molecule has 1 atom stereocenters. The summed E-state index contributed by atoms with van der Waals surface area (Å²) in [5, 5.41) is 3.74. The SMILES string of the molecule is COCNC(=O)C[C@@H](CCN1CCC2(CC1)CN(S(C)(=O)=O)c1ccccc12)c1ccc(Cl)c(Cl)c1. The van der Waals surface area contributed by atoms with Crippen molar-refractivity contribution in [3.63, 3.8) is 0 Å². The highest BCUT2D eigenvalue weighted by atomic mass is 35.5. The van der Waals surface area contributed by atoms with E-state index in [0.717, 1.165) is 55.7 Å². The van der Waals surface area contributed by atoms with Crippen LogP contribution in [0.25, 0.3) is 0 Å². The highest BCUT2D eigenvalue weighted by Gasteiger charge is 2.46. The largest absolute Gasteiger partial charge is 0.364 e. The molecule has 1 spiro atoms. The number of hydrogen-bond donors (Lipinski definition) is 1. The molecule has 0 aromatic heterocycles. The van der Waals surface area contributed by atoms with Gasteiger partial charge in [-0.15, -0.1) is 0 Å². The second-order valence-electron chi connectivity index (χ2n) is 9.80. The molecule has 10 heteroatoms. The van der Waals surface area contributed by atoms with Crippen molar-refractivity contribution >= 4 is 44.8 Å². The summed E-state index contributed by atoms with van der Waals surface area (Å²) in [7, 11) is -1.79. The molecule has 36 heavy (non-hydrogen) atoms. The van der Waals surface area contributed by atoms with Gasteiger partial charge in [-0.1, -0.05) is 47.5 Å². The average Bonchev–Trinajstić information content (AvgIpc) is 3.18. The maximum atomic E-state index is 12.5. The molecule has 1 fully saturated rings. The molecule has 0 bridgehead atoms. The quantitative estimate of drug-likeness (QED) is 0.466. The fourth-order valence-electron chi connectivity index (χ4n) is 5.45. The van der Waals surface area contributed by atoms with E-state index in [1.807, 2.05) is 30.3 Å². The topological polar surface area (TPSA) is 79.0 Å². The number of sulfonamides is 1. The number of para-hydroxylation sites is 1. The van der Waals surface area contributed by atoms with Gasteiger partial charge in [0.1, 0.15) is 6.73 Å². The minimum Gasteiger partial charge on any atom is -0.364 e. The van der Waals surface area contributed by atoms with Gasteiger partial charge in [-0.05, 0) is 74.1 Å². The second-order valence-corrected chi connectivity index (χ2v) is 12.5. The molecule has 0 aliphatic carbocycles. The third kappa shape index (κ3) is 6.00. The molecule has 1 N–H and O–H groups in total. The minimum absolute atomic E-state index is 0.0135. The van der Waals surface area contributed by atoms with Crippen LogP contribution in [0.5, 0.6) is 0 Å². The Morgan fingerprint density at radius 3 is 2.53 bits per heavy atom. The van der Waals surface area contributed by atoms with E-state index < -0.39 is 10.0 Å². The number of fused-ring (bicyclic) bond motifs is 2. The van der Waals surface area contributed by atoms with Crippen LogP contribution in [0.2, 0.25) is 10.0 Å². The van der Waals surface area contributed by atoms with Gasteiger partial charge < -0.3 is 15.0 Å². The minimum atomic E-state index is -3.33. The fourth-order valence-corrected chi connectivity index (χ4v) is 6.76. The predicted octanol–water partition coefficient (Wildman–Crippen LogP) is 4.39. The van der Waals surface area contributed by atoms with Crippen LogP contribution in [-0.4, -0.2) is 65.5 Å². The van der Waals surface area contributed by atoms with Crippen molar-refractivity contribution in [2.24, 2.45) is 0 Å². The van der Waals surface area contributed by atoms with E-state index in [0.29, 0.717) is 23.0 Å². The normalized spacial score (nSPS) is 18.3. The lowest BCUT2D eigenvalue weighted by Crippen LogP contribution is -2.46. The number of anilines is 1. The van der Waals surface area contributed by atoms with Gasteiger partial charge in [-0.2, -0.15) is 0 Å². The molecule has 2 aliphatic heterocycles. The summed E-state index contributed by atoms with van der Waals surface area (Å²) in [5.41, 5.74) is 2.78. The smallest absolute Gasteiger partial charge is 0.232 e. The van der Waals surface area contributed by atoms with Crippen molar-refractivity contribution in [1.29, 1.82) is 0 Å². The predicted molar refractivity (Wildman–Crippen MR) is 144 cm³/mol. The first-order chi connectivity index (χ1) is 17.1. The molecule has 0 saturated carbocycles. The lowest BCUT2D eigenvalue weighted by molar-refractivity contribution is -0.123. The van der Waals surface area contributed by atoms with Crippen LogP contribution in [0.3, 0.4) is 0 Å². The van der Waals surface area contributed by atoms with E-state index in [1.54, 1.807) is 10.4 Å². The molecule has 1 amide bonds. The van der Waals surface area contributed by atoms with Crippen LogP contribution in [0.1, 0.15) is 42.7 Å². The molecule has 1 saturated heterocycles. The zero-order chi connectivity index (χ0) is 25.9. The Morgan fingerprint density at radius 2 is 1.86 bits per heavy atom. The van der Waals surface area contributed by atoms with E-state index >= 15 is 0 Å². The fraction of sp³-hybridized carbons (Fsp3) is 0.500. The van der Waals surface area contributed by atoms with Gasteiger partial charge in [0.15, 0.2) is 0 Å². The van der Waals surface area contributed by atoms with Gasteiger partial charge in [0.05, 0.1) is 22.0 Å². The van der Waals surface area contributed by atoms with Gasteiger partial charge >= 0.3 is 0 Å². The third-order valence-electron chi connectivity index (χ3n) is 7.46. The average molecular weight is 555 g/mol. The molecule has 2 aromatic rings. The molecular formula is C26H33Cl2N3O4S. The van der Waals surface area contributed by atoms with Gasteiger partial charge in [-0.3, -0.25) is 9.10 Å². The summed E-state index contributed by atoms with van der Waals surface area (Å²) in [6.45, 7) is 3.25. The van der Waals surface area contributed by atoms with Crippen LogP contribution in [0.4, 0.5) is 5.69 Å². The van der Waals surface area contributed by atoms with Crippen LogP contribution < -0.4 is 9.62 Å². The maximum absolute atomic E-state index is 12.5. The molecule has 2 heterocycles. The number of likely N-dealkylation sites (tertiary alicyclic amines) is 1. The van der Waals surface area contributed by atoms with Gasteiger partial charge in [-0.25, -0.2) is 8.42 Å². The molecule has 0 radical (unpaired) electrons. The van der Waals surface area contributed by atoms with E-state index in [9.17, 15) is 13.2 Å². The summed E-state index contributed by atoms with van der Waals surface area (Å²) in [4.78, 5) is 14.9. The Labute approximate surface area is 223 Å². The summed E-state index contributed by atoms with van der Waals surface area (Å²) in [6, 6.07) is 13.4. The lowest BCUT2D eigenvalue weighted by Gasteiger charge is -2.40. The first-order valence-electron chi connectivity index (χ1n) is 12.1. The van der Waals surface area contributed by atoms with Crippen molar-refractivity contribution < 1.29 is 17.9 Å². The number of carbonyl (C=O) groups excluding carboxylic acids is 1. The molecule has 0 unspecified atom stereocenters. The Bertz CT molecular complexity index is 1200. The van der Waals surface area contributed by atoms with Crippen LogP contribution in [0, 0.1) is 0 Å². The first-order valence-corrected chi connectivity index (χ1v) is 14.7. The number of carbonyl (C=O) groups is 1. The van der Waals surface area contributed by atoms with E-state index in [-0.39, 0.29) is 24.0 Å². The Morgan fingerprint density at radius 1 is 1.14 bits per heavy atom. The Balaban J connectivity index is 1.43. The number of halogens is 2. The summed E-state index contributed by atoms with van der Waals surface area (Å²) in [5.74, 6) is -0.0885. The van der Waals surface area contributed by atoms with Crippen molar-refractivity contribution in [1.82, 2.24) is 10.2 Å². The number of benzene rings is 2. The zero-order valence-corrected chi connectivity index (χ0v) is 23.0. The molecular weight excluding hydrogens is 521 g/mol. The zero-order valence-electron chi connectivity index (χ0n) is 20.7. The van der Waals surface area contributed by atoms with E-state index in [1.165, 1.54) is 13.4 Å². The number of ether oxygens (including phenoxy) is 1. The Kier molecular flexibility index (Phi) is 8.52. The molecule has 196 valence electrons. The van der Waals surface area contributed by atoms with Gasteiger partial charge in [0.2, 0.25) is 15.9 Å². The number of rotatable bonds is 9. The number of hydrogen-bond acceptors (Lipinski definition) is 5. The monoisotopic (exact) mass is 553 g/mol. The van der Waals surface area contributed by atoms with Crippen molar-refractivity contribution in [2.45, 2.75) is 37.0 Å². The number of nitrogens with one attached hydrogen (secondary N) is 1. The van der Waals surface area contributed by atoms with Crippen LogP contribution in [-0.2, 0) is 25.0 Å². The molecule has 7 nitrogen and oxygen atoms in total. The van der Waals surface area contributed by atoms with Gasteiger partial charge in [0, 0.05) is 25.5 Å². The molecule has 2 aromatic carbocycles. The first kappa shape index (κ1) is 27.2. The summed E-state index contributed by atoms with van der Waals surface area (Å²) in [6.07, 6.45) is 4.18. The number of amides is 1. The summed E-state index contributed by atoms with van der Waals surface area (Å²) < 4.78 is 31.4. The van der Waals surface area contributed by atoms with E-state index in [4.69, 9.17) is 27.9 Å². The Hall–Kier alpha value is -1.84. The van der Waals surface area contributed by atoms with Crippen molar-refractivity contribution in [2.75, 3.05) is 50.6 Å². The van der Waals surface area contributed by atoms with Crippen molar-refractivity contribution in [3.05, 3.63) is 63.6 Å². The number of methoxy groups -OCH3 is 1. The summed E-state index contributed by atoms with van der Waals surface area (Å²) >= 11 is 12.4. The molecule has 4 rings (SSSR count).